The number of anilines is 2. The molecule has 2 saturated heterocycles. The molecule has 3 N–H and O–H groups in total. The summed E-state index contributed by atoms with van der Waals surface area (Å²) in [7, 11) is 3.46. The summed E-state index contributed by atoms with van der Waals surface area (Å²) in [6.07, 6.45) is 8.07. The SMILES string of the molecule is BrCCCCOc1ccc2cn[nH]c2c1.C.COc1ccccc1N1CCN(CCCCOc2ccc3cn[nH]c3c2)CC1.COc1ccccc1N1CCNCC1.[I-].[Na+]. The Bertz CT molecular complexity index is 2060. The summed E-state index contributed by atoms with van der Waals surface area (Å²) < 4.78 is 22.3. The molecule has 0 unspecified atom stereocenters. The fraction of sp³-hybridized carbons (Fsp3) is 0.422. The maximum absolute atomic E-state index is 5.88. The molecule has 2 aliphatic heterocycles. The number of fused-ring (bicyclic) bond motifs is 2. The monoisotopic (exact) mass is 1010 g/mol. The van der Waals surface area contributed by atoms with Gasteiger partial charge in [-0.1, -0.05) is 47.6 Å². The number of nitrogens with zero attached hydrogens (tertiary/aromatic N) is 5. The third kappa shape index (κ3) is 15.6. The van der Waals surface area contributed by atoms with Gasteiger partial charge in [-0.05, 0) is 80.8 Å². The average molecular weight is 1010 g/mol. The number of alkyl halides is 1. The van der Waals surface area contributed by atoms with Gasteiger partial charge in [0.05, 0.1) is 62.2 Å². The Hall–Kier alpha value is -3.25. The Morgan fingerprint density at radius 1 is 0.617 bits per heavy atom. The van der Waals surface area contributed by atoms with Crippen molar-refractivity contribution in [1.82, 2.24) is 30.6 Å². The van der Waals surface area contributed by atoms with Crippen molar-refractivity contribution in [3.05, 3.63) is 97.3 Å². The second-order valence-corrected chi connectivity index (χ2v) is 14.7. The summed E-state index contributed by atoms with van der Waals surface area (Å²) in [4.78, 5) is 7.32. The summed E-state index contributed by atoms with van der Waals surface area (Å²) in [6, 6.07) is 28.5. The molecule has 4 aromatic carbocycles. The van der Waals surface area contributed by atoms with Crippen molar-refractivity contribution in [3.63, 3.8) is 0 Å². The maximum atomic E-state index is 5.88. The van der Waals surface area contributed by atoms with Gasteiger partial charge in [-0.2, -0.15) is 10.2 Å². The van der Waals surface area contributed by atoms with Crippen LogP contribution in [0.4, 0.5) is 11.4 Å². The molecule has 320 valence electrons. The molecule has 0 saturated carbocycles. The van der Waals surface area contributed by atoms with Gasteiger partial charge in [0.1, 0.15) is 23.0 Å². The first kappa shape index (κ1) is 51.1. The fourth-order valence-corrected chi connectivity index (χ4v) is 7.32. The van der Waals surface area contributed by atoms with Gasteiger partial charge in [-0.25, -0.2) is 0 Å². The maximum Gasteiger partial charge on any atom is 1.00 e. The molecule has 0 bridgehead atoms. The van der Waals surface area contributed by atoms with Crippen LogP contribution in [0.1, 0.15) is 33.1 Å². The predicted molar refractivity (Wildman–Crippen MR) is 242 cm³/mol. The van der Waals surface area contributed by atoms with Crippen molar-refractivity contribution >= 4 is 49.1 Å². The van der Waals surface area contributed by atoms with Crippen LogP contribution in [0.25, 0.3) is 21.8 Å². The van der Waals surface area contributed by atoms with E-state index in [1.54, 1.807) is 14.2 Å². The molecule has 2 aliphatic rings. The normalized spacial score (nSPS) is 13.7. The third-order valence-corrected chi connectivity index (χ3v) is 10.7. The number of hydrogen-bond donors (Lipinski definition) is 3. The minimum atomic E-state index is 0. The number of ether oxygens (including phenoxy) is 4. The zero-order valence-corrected chi connectivity index (χ0v) is 40.4. The molecule has 0 aliphatic carbocycles. The largest absolute Gasteiger partial charge is 1.00 e. The van der Waals surface area contributed by atoms with Gasteiger partial charge in [0, 0.05) is 80.6 Å². The number of methoxy groups -OCH3 is 2. The molecule has 0 amide bonds. The first-order valence-corrected chi connectivity index (χ1v) is 21.1. The number of nitrogens with one attached hydrogen (secondary N) is 3. The fourth-order valence-electron chi connectivity index (χ4n) is 6.93. The predicted octanol–water partition coefficient (Wildman–Crippen LogP) is 2.42. The number of rotatable bonds is 15. The number of hydrogen-bond acceptors (Lipinski definition) is 10. The number of halogens is 2. The zero-order chi connectivity index (χ0) is 39.5. The molecule has 6 aromatic rings. The molecule has 60 heavy (non-hydrogen) atoms. The topological polar surface area (TPSA) is 116 Å². The molecular formula is C45H61BrIN8NaO4. The Labute approximate surface area is 403 Å². The van der Waals surface area contributed by atoms with E-state index in [4.69, 9.17) is 18.9 Å². The van der Waals surface area contributed by atoms with Crippen LogP contribution in [0.3, 0.4) is 0 Å². The van der Waals surface area contributed by atoms with Crippen LogP contribution >= 0.6 is 15.9 Å². The van der Waals surface area contributed by atoms with Gasteiger partial charge in [0.2, 0.25) is 0 Å². The summed E-state index contributed by atoms with van der Waals surface area (Å²) in [5.74, 6) is 3.74. The number of aromatic nitrogens is 4. The van der Waals surface area contributed by atoms with Crippen LogP contribution in [0.2, 0.25) is 0 Å². The van der Waals surface area contributed by atoms with E-state index in [0.29, 0.717) is 0 Å². The molecule has 12 nitrogen and oxygen atoms in total. The first-order chi connectivity index (χ1) is 28.1. The van der Waals surface area contributed by atoms with Crippen molar-refractivity contribution in [2.45, 2.75) is 33.1 Å². The van der Waals surface area contributed by atoms with Gasteiger partial charge in [-0.15, -0.1) is 0 Å². The van der Waals surface area contributed by atoms with Gasteiger partial charge in [0.25, 0.3) is 0 Å². The van der Waals surface area contributed by atoms with Gasteiger partial charge < -0.3 is 58.0 Å². The molecule has 0 radical (unpaired) electrons. The number of H-pyrrole nitrogens is 2. The standard InChI is InChI=1S/C22H28N4O2.C11H13BrN2O.C11H16N2O.CH4.HI.Na/c1-27-22-7-3-2-6-21(22)26-13-11-25(12-14-26)10-4-5-15-28-19-9-8-18-17-23-24-20(18)16-19;12-5-1-2-6-15-10-4-3-9-8-13-14-11(9)7-10;1-14-11-5-3-2-4-10(11)13-8-6-12-7-9-13;;;/h2-3,6-9,16-17H,4-5,10-15H2,1H3,(H,23,24);3-4,7-8H,1-2,5-6H2,(H,13,14);2-5,12H,6-9H2,1H3;1H4;1H;/q;;;;;+1/p-1. The second-order valence-electron chi connectivity index (χ2n) is 13.9. The van der Waals surface area contributed by atoms with E-state index < -0.39 is 0 Å². The third-order valence-electron chi connectivity index (χ3n) is 10.1. The second kappa shape index (κ2) is 28.4. The molecule has 2 aromatic heterocycles. The minimum absolute atomic E-state index is 0. The van der Waals surface area contributed by atoms with E-state index in [0.717, 1.165) is 148 Å². The minimum Gasteiger partial charge on any atom is -1.00 e. The van der Waals surface area contributed by atoms with Crippen LogP contribution in [0.5, 0.6) is 23.0 Å². The number of unbranched alkanes of at least 4 members (excludes halogenated alkanes) is 2. The van der Waals surface area contributed by atoms with Gasteiger partial charge in [-0.3, -0.25) is 15.1 Å². The van der Waals surface area contributed by atoms with Crippen LogP contribution in [-0.4, -0.2) is 117 Å². The van der Waals surface area contributed by atoms with Crippen LogP contribution < -0.4 is 87.6 Å². The molecular weight excluding hydrogens is 946 g/mol. The van der Waals surface area contributed by atoms with Crippen LogP contribution in [-0.2, 0) is 0 Å². The summed E-state index contributed by atoms with van der Waals surface area (Å²) in [6.45, 7) is 11.1. The molecule has 0 atom stereocenters. The smallest absolute Gasteiger partial charge is 1.00 e. The number of piperazine rings is 2. The van der Waals surface area contributed by atoms with E-state index in [1.807, 2.05) is 73.1 Å². The Kier molecular flexibility index (Phi) is 24.2. The van der Waals surface area contributed by atoms with Crippen molar-refractivity contribution < 1.29 is 72.5 Å². The molecule has 0 spiro atoms. The Morgan fingerprint density at radius 2 is 1.10 bits per heavy atom. The summed E-state index contributed by atoms with van der Waals surface area (Å²) >= 11 is 3.39. The van der Waals surface area contributed by atoms with E-state index in [9.17, 15) is 0 Å². The summed E-state index contributed by atoms with van der Waals surface area (Å²) in [5.41, 5.74) is 4.45. The Balaban J connectivity index is 0.000000256. The number of para-hydroxylation sites is 4. The van der Waals surface area contributed by atoms with Crippen LogP contribution in [0, 0.1) is 0 Å². The van der Waals surface area contributed by atoms with E-state index in [-0.39, 0.29) is 61.0 Å². The van der Waals surface area contributed by atoms with E-state index >= 15 is 0 Å². The average Bonchev–Trinajstić information content (AvgIpc) is 3.96. The number of aromatic amines is 2. The van der Waals surface area contributed by atoms with Crippen molar-refractivity contribution in [3.8, 4) is 23.0 Å². The van der Waals surface area contributed by atoms with Gasteiger partial charge in [0.15, 0.2) is 0 Å². The zero-order valence-electron chi connectivity index (χ0n) is 34.7. The Morgan fingerprint density at radius 3 is 1.60 bits per heavy atom. The van der Waals surface area contributed by atoms with Gasteiger partial charge >= 0.3 is 29.6 Å². The van der Waals surface area contributed by atoms with Crippen LogP contribution in [0.15, 0.2) is 97.3 Å². The van der Waals surface area contributed by atoms with Crippen molar-refractivity contribution in [2.24, 2.45) is 0 Å². The number of benzene rings is 4. The molecule has 15 heteroatoms. The first-order valence-electron chi connectivity index (χ1n) is 20.0. The molecule has 2 fully saturated rings. The van der Waals surface area contributed by atoms with Crippen molar-refractivity contribution in [1.29, 1.82) is 0 Å². The quantitative estimate of drug-likeness (QED) is 0.0614. The molecule has 8 rings (SSSR count). The van der Waals surface area contributed by atoms with E-state index in [2.05, 4.69) is 80.6 Å². The molecule has 4 heterocycles. The summed E-state index contributed by atoms with van der Waals surface area (Å²) in [5, 5.41) is 20.5. The van der Waals surface area contributed by atoms with E-state index in [1.165, 1.54) is 11.4 Å². The van der Waals surface area contributed by atoms with Crippen molar-refractivity contribution in [2.75, 3.05) is 101 Å².